The molecule has 0 unspecified atom stereocenters. The third kappa shape index (κ3) is 3.41. The number of aryl methyl sites for hydroxylation is 1. The average Bonchev–Trinajstić information content (AvgIpc) is 3.03. The second kappa shape index (κ2) is 7.19. The number of benzene rings is 2. The lowest BCUT2D eigenvalue weighted by molar-refractivity contribution is -0.116. The number of methoxy groups -OCH3 is 1. The Kier molecular flexibility index (Phi) is 4.82. The van der Waals surface area contributed by atoms with Gasteiger partial charge in [0.1, 0.15) is 5.75 Å². The molecular weight excluding hydrogens is 304 g/mol. The molecular formula is C19H20N2O3. The van der Waals surface area contributed by atoms with Crippen molar-refractivity contribution in [2.45, 2.75) is 19.4 Å². The van der Waals surface area contributed by atoms with Gasteiger partial charge < -0.3 is 20.1 Å². The number of H-pyrrole nitrogens is 1. The topological polar surface area (TPSA) is 74.3 Å². The Labute approximate surface area is 140 Å². The maximum atomic E-state index is 12.2. The summed E-state index contributed by atoms with van der Waals surface area (Å²) in [6.45, 7) is -0.137. The van der Waals surface area contributed by atoms with Crippen LogP contribution in [0.4, 0.5) is 5.69 Å². The fourth-order valence-electron chi connectivity index (χ4n) is 2.79. The van der Waals surface area contributed by atoms with Gasteiger partial charge in [-0.05, 0) is 36.2 Å². The van der Waals surface area contributed by atoms with E-state index in [-0.39, 0.29) is 12.5 Å². The number of hydrogen-bond donors (Lipinski definition) is 3. The standard InChI is InChI=1S/C19H20N2O3/c1-24-18-8-7-15(10-14(18)12-22)21-19(23)9-6-13-11-20-17-5-3-2-4-16(13)17/h2-5,7-8,10-11,20,22H,6,9,12H2,1H3,(H,21,23). The first kappa shape index (κ1) is 16.1. The van der Waals surface area contributed by atoms with E-state index in [1.807, 2.05) is 24.4 Å². The zero-order valence-corrected chi connectivity index (χ0v) is 13.5. The lowest BCUT2D eigenvalue weighted by Gasteiger charge is -2.10. The number of aliphatic hydroxyl groups excluding tert-OH is 1. The molecule has 5 nitrogen and oxygen atoms in total. The van der Waals surface area contributed by atoms with Crippen LogP contribution in [0.2, 0.25) is 0 Å². The first-order valence-electron chi connectivity index (χ1n) is 7.84. The molecule has 0 aliphatic heterocycles. The summed E-state index contributed by atoms with van der Waals surface area (Å²) in [6.07, 6.45) is 3.01. The Hall–Kier alpha value is -2.79. The predicted molar refractivity (Wildman–Crippen MR) is 94.2 cm³/mol. The van der Waals surface area contributed by atoms with Gasteiger partial charge in [-0.3, -0.25) is 4.79 Å². The van der Waals surface area contributed by atoms with Gasteiger partial charge in [-0.25, -0.2) is 0 Å². The van der Waals surface area contributed by atoms with Gasteiger partial charge in [-0.2, -0.15) is 0 Å². The molecule has 1 heterocycles. The number of aromatic amines is 1. The van der Waals surface area contributed by atoms with Crippen LogP contribution in [0.3, 0.4) is 0 Å². The molecule has 0 aliphatic rings. The summed E-state index contributed by atoms with van der Waals surface area (Å²) in [5, 5.41) is 13.4. The fraction of sp³-hybridized carbons (Fsp3) is 0.211. The molecule has 3 rings (SSSR count). The molecule has 0 bridgehead atoms. The number of anilines is 1. The number of hydrogen-bond acceptors (Lipinski definition) is 3. The molecule has 0 fully saturated rings. The zero-order valence-electron chi connectivity index (χ0n) is 13.5. The lowest BCUT2D eigenvalue weighted by atomic mass is 10.1. The number of ether oxygens (including phenoxy) is 1. The Morgan fingerprint density at radius 1 is 1.21 bits per heavy atom. The average molecular weight is 324 g/mol. The number of aromatic nitrogens is 1. The molecule has 1 aromatic heterocycles. The Balaban J connectivity index is 1.63. The summed E-state index contributed by atoms with van der Waals surface area (Å²) in [7, 11) is 1.55. The van der Waals surface area contributed by atoms with Gasteiger partial charge in [0.15, 0.2) is 0 Å². The summed E-state index contributed by atoms with van der Waals surface area (Å²) in [5.74, 6) is 0.545. The van der Waals surface area contributed by atoms with Crippen LogP contribution in [0.25, 0.3) is 10.9 Å². The molecule has 24 heavy (non-hydrogen) atoms. The third-order valence-corrected chi connectivity index (χ3v) is 4.03. The monoisotopic (exact) mass is 324 g/mol. The van der Waals surface area contributed by atoms with Gasteiger partial charge in [-0.15, -0.1) is 0 Å². The van der Waals surface area contributed by atoms with E-state index in [1.54, 1.807) is 25.3 Å². The van der Waals surface area contributed by atoms with E-state index in [2.05, 4.69) is 16.4 Å². The molecule has 0 spiro atoms. The van der Waals surface area contributed by atoms with E-state index in [4.69, 9.17) is 4.74 Å². The van der Waals surface area contributed by atoms with Gasteiger partial charge in [0, 0.05) is 34.8 Å². The van der Waals surface area contributed by atoms with E-state index in [0.717, 1.165) is 16.5 Å². The normalized spacial score (nSPS) is 10.8. The molecule has 5 heteroatoms. The van der Waals surface area contributed by atoms with Crippen molar-refractivity contribution in [3.63, 3.8) is 0 Å². The molecule has 0 saturated heterocycles. The van der Waals surface area contributed by atoms with Crippen LogP contribution in [0, 0.1) is 0 Å². The minimum Gasteiger partial charge on any atom is -0.496 e. The van der Waals surface area contributed by atoms with Gasteiger partial charge in [0.25, 0.3) is 0 Å². The minimum atomic E-state index is -0.137. The molecule has 1 amide bonds. The molecule has 3 aromatic rings. The number of rotatable bonds is 6. The first-order valence-corrected chi connectivity index (χ1v) is 7.84. The minimum absolute atomic E-state index is 0.0608. The van der Waals surface area contributed by atoms with Crippen LogP contribution in [0.15, 0.2) is 48.7 Å². The van der Waals surface area contributed by atoms with Crippen molar-refractivity contribution in [1.82, 2.24) is 4.98 Å². The summed E-state index contributed by atoms with van der Waals surface area (Å²) >= 11 is 0. The quantitative estimate of drug-likeness (QED) is 0.651. The Morgan fingerprint density at radius 3 is 2.83 bits per heavy atom. The SMILES string of the molecule is COc1ccc(NC(=O)CCc2c[nH]c3ccccc23)cc1CO. The number of fused-ring (bicyclic) bond motifs is 1. The van der Waals surface area contributed by atoms with Crippen LogP contribution in [0.1, 0.15) is 17.5 Å². The van der Waals surface area contributed by atoms with Crippen molar-refractivity contribution < 1.29 is 14.6 Å². The number of nitrogens with one attached hydrogen (secondary N) is 2. The second-order valence-corrected chi connectivity index (χ2v) is 5.59. The molecule has 3 N–H and O–H groups in total. The van der Waals surface area contributed by atoms with E-state index in [0.29, 0.717) is 29.8 Å². The maximum absolute atomic E-state index is 12.2. The molecule has 0 saturated carbocycles. The van der Waals surface area contributed by atoms with E-state index >= 15 is 0 Å². The lowest BCUT2D eigenvalue weighted by Crippen LogP contribution is -2.12. The zero-order chi connectivity index (χ0) is 16.9. The van der Waals surface area contributed by atoms with E-state index in [9.17, 15) is 9.90 Å². The van der Waals surface area contributed by atoms with Gasteiger partial charge in [0.2, 0.25) is 5.91 Å². The van der Waals surface area contributed by atoms with Crippen molar-refractivity contribution >= 4 is 22.5 Å². The molecule has 124 valence electrons. The van der Waals surface area contributed by atoms with Gasteiger partial charge in [-0.1, -0.05) is 18.2 Å². The Morgan fingerprint density at radius 2 is 2.04 bits per heavy atom. The number of carbonyl (C=O) groups excluding carboxylic acids is 1. The van der Waals surface area contributed by atoms with Crippen molar-refractivity contribution in [1.29, 1.82) is 0 Å². The molecule has 0 atom stereocenters. The van der Waals surface area contributed by atoms with Crippen LogP contribution < -0.4 is 10.1 Å². The van der Waals surface area contributed by atoms with Crippen LogP contribution in [0.5, 0.6) is 5.75 Å². The van der Waals surface area contributed by atoms with Crippen molar-refractivity contribution in [3.8, 4) is 5.75 Å². The second-order valence-electron chi connectivity index (χ2n) is 5.59. The highest BCUT2D eigenvalue weighted by molar-refractivity contribution is 5.91. The highest BCUT2D eigenvalue weighted by atomic mass is 16.5. The number of carbonyl (C=O) groups is 1. The smallest absolute Gasteiger partial charge is 0.224 e. The molecule has 0 aliphatic carbocycles. The highest BCUT2D eigenvalue weighted by Crippen LogP contribution is 2.23. The number of aliphatic hydroxyl groups is 1. The predicted octanol–water partition coefficient (Wildman–Crippen LogP) is 3.24. The third-order valence-electron chi connectivity index (χ3n) is 4.03. The van der Waals surface area contributed by atoms with Crippen LogP contribution in [-0.4, -0.2) is 23.1 Å². The van der Waals surface area contributed by atoms with Crippen LogP contribution in [-0.2, 0) is 17.8 Å². The van der Waals surface area contributed by atoms with E-state index < -0.39 is 0 Å². The van der Waals surface area contributed by atoms with Crippen molar-refractivity contribution in [3.05, 3.63) is 59.8 Å². The first-order chi connectivity index (χ1) is 11.7. The summed E-state index contributed by atoms with van der Waals surface area (Å²) in [6, 6.07) is 13.3. The van der Waals surface area contributed by atoms with Gasteiger partial charge in [0.05, 0.1) is 13.7 Å². The van der Waals surface area contributed by atoms with Crippen molar-refractivity contribution in [2.24, 2.45) is 0 Å². The Bertz CT molecular complexity index is 855. The van der Waals surface area contributed by atoms with E-state index in [1.165, 1.54) is 0 Å². The van der Waals surface area contributed by atoms with Crippen LogP contribution >= 0.6 is 0 Å². The fourth-order valence-corrected chi connectivity index (χ4v) is 2.79. The summed E-state index contributed by atoms with van der Waals surface area (Å²) < 4.78 is 5.16. The van der Waals surface area contributed by atoms with Gasteiger partial charge >= 0.3 is 0 Å². The molecule has 2 aromatic carbocycles. The summed E-state index contributed by atoms with van der Waals surface area (Å²) in [5.41, 5.74) is 3.51. The number of amides is 1. The largest absolute Gasteiger partial charge is 0.496 e. The highest BCUT2D eigenvalue weighted by Gasteiger charge is 2.09. The molecule has 0 radical (unpaired) electrons. The maximum Gasteiger partial charge on any atom is 0.224 e. The number of para-hydroxylation sites is 1. The van der Waals surface area contributed by atoms with Crippen molar-refractivity contribution in [2.75, 3.05) is 12.4 Å². The summed E-state index contributed by atoms with van der Waals surface area (Å²) in [4.78, 5) is 15.4.